The Morgan fingerprint density at radius 1 is 1.03 bits per heavy atom. The highest BCUT2D eigenvalue weighted by Crippen LogP contribution is 2.15. The Hall–Kier alpha value is -2.28. The molecule has 1 aromatic carbocycles. The molecule has 0 spiro atoms. The normalized spacial score (nSPS) is 12.2. The zero-order valence-corrected chi connectivity index (χ0v) is 18.9. The molecule has 7 nitrogen and oxygen atoms in total. The number of nitrogens with zero attached hydrogens (tertiary/aromatic N) is 2. The molecule has 0 bridgehead atoms. The van der Waals surface area contributed by atoms with Gasteiger partial charge >= 0.3 is 0 Å². The summed E-state index contributed by atoms with van der Waals surface area (Å²) in [7, 11) is 0. The van der Waals surface area contributed by atoms with Crippen LogP contribution in [0, 0.1) is 10.1 Å². The molecule has 174 valence electrons. The third kappa shape index (κ3) is 12.2. The molecule has 1 amide bonds. The fourth-order valence-corrected chi connectivity index (χ4v) is 3.43. The van der Waals surface area contributed by atoms with Gasteiger partial charge in [-0.2, -0.15) is 0 Å². The smallest absolute Gasteiger partial charge is 0.278 e. The van der Waals surface area contributed by atoms with Crippen molar-refractivity contribution in [3.63, 3.8) is 0 Å². The second kappa shape index (κ2) is 17.4. The highest BCUT2D eigenvalue weighted by Gasteiger charge is 2.16. The van der Waals surface area contributed by atoms with E-state index in [1.807, 2.05) is 0 Å². The molecule has 0 saturated heterocycles. The van der Waals surface area contributed by atoms with Crippen molar-refractivity contribution in [3.05, 3.63) is 39.9 Å². The Bertz CT molecular complexity index is 664. The number of aliphatic imine (C=N–C) groups is 1. The maximum Gasteiger partial charge on any atom is 0.278 e. The SMILES string of the molecule is CCCCCCCCCCCCCCNC(=O)[C@H](CO)N=Cc1ccccc1[N+](=O)[O-]. The van der Waals surface area contributed by atoms with Gasteiger partial charge in [0.2, 0.25) is 5.91 Å². The van der Waals surface area contributed by atoms with Crippen LogP contribution in [-0.4, -0.2) is 41.3 Å². The lowest BCUT2D eigenvalue weighted by molar-refractivity contribution is -0.385. The van der Waals surface area contributed by atoms with Crippen molar-refractivity contribution in [1.82, 2.24) is 5.32 Å². The molecule has 0 aliphatic heterocycles. The van der Waals surface area contributed by atoms with E-state index in [2.05, 4.69) is 17.2 Å². The molecular formula is C24H39N3O4. The molecule has 0 heterocycles. The largest absolute Gasteiger partial charge is 0.394 e. The first-order valence-corrected chi connectivity index (χ1v) is 11.7. The molecule has 0 fully saturated rings. The van der Waals surface area contributed by atoms with E-state index in [9.17, 15) is 20.0 Å². The van der Waals surface area contributed by atoms with Crippen molar-refractivity contribution in [2.45, 2.75) is 90.0 Å². The lowest BCUT2D eigenvalue weighted by Gasteiger charge is -2.10. The number of amides is 1. The number of nitro benzene ring substituents is 1. The molecular weight excluding hydrogens is 394 g/mol. The van der Waals surface area contributed by atoms with Crippen LogP contribution in [0.5, 0.6) is 0 Å². The van der Waals surface area contributed by atoms with Gasteiger partial charge in [0.05, 0.1) is 17.1 Å². The van der Waals surface area contributed by atoms with E-state index < -0.39 is 17.6 Å². The number of aliphatic hydroxyl groups excluding tert-OH is 1. The van der Waals surface area contributed by atoms with Crippen LogP contribution in [0.1, 0.15) is 89.5 Å². The topological polar surface area (TPSA) is 105 Å². The third-order valence-corrected chi connectivity index (χ3v) is 5.33. The van der Waals surface area contributed by atoms with E-state index in [4.69, 9.17) is 0 Å². The number of benzene rings is 1. The van der Waals surface area contributed by atoms with Crippen LogP contribution < -0.4 is 5.32 Å². The second-order valence-electron chi connectivity index (χ2n) is 7.97. The van der Waals surface area contributed by atoms with Crippen molar-refractivity contribution in [2.24, 2.45) is 4.99 Å². The number of hydrogen-bond acceptors (Lipinski definition) is 5. The molecule has 7 heteroatoms. The minimum absolute atomic E-state index is 0.0835. The predicted molar refractivity (Wildman–Crippen MR) is 126 cm³/mol. The maximum absolute atomic E-state index is 12.2. The van der Waals surface area contributed by atoms with Crippen molar-refractivity contribution >= 4 is 17.8 Å². The molecule has 0 aromatic heterocycles. The Labute approximate surface area is 186 Å². The van der Waals surface area contributed by atoms with E-state index in [1.165, 1.54) is 76.5 Å². The van der Waals surface area contributed by atoms with Crippen LogP contribution >= 0.6 is 0 Å². The van der Waals surface area contributed by atoms with Gasteiger partial charge < -0.3 is 10.4 Å². The van der Waals surface area contributed by atoms with Crippen LogP contribution in [0.15, 0.2) is 29.3 Å². The molecule has 1 rings (SSSR count). The molecule has 2 N–H and O–H groups in total. The van der Waals surface area contributed by atoms with Gasteiger partial charge in [0.15, 0.2) is 6.04 Å². The van der Waals surface area contributed by atoms with Gasteiger partial charge in [-0.25, -0.2) is 0 Å². The lowest BCUT2D eigenvalue weighted by Crippen LogP contribution is -2.36. The lowest BCUT2D eigenvalue weighted by atomic mass is 10.1. The molecule has 0 unspecified atom stereocenters. The summed E-state index contributed by atoms with van der Waals surface area (Å²) in [6.07, 6.45) is 16.4. The number of carbonyl (C=O) groups excluding carboxylic acids is 1. The quantitative estimate of drug-likeness (QED) is 0.144. The summed E-state index contributed by atoms with van der Waals surface area (Å²) in [6, 6.07) is 5.21. The molecule has 0 aliphatic carbocycles. The molecule has 0 saturated carbocycles. The fraction of sp³-hybridized carbons (Fsp3) is 0.667. The van der Waals surface area contributed by atoms with E-state index in [-0.39, 0.29) is 11.6 Å². The van der Waals surface area contributed by atoms with Crippen molar-refractivity contribution < 1.29 is 14.8 Å². The van der Waals surface area contributed by atoms with Crippen molar-refractivity contribution in [1.29, 1.82) is 0 Å². The number of nitrogens with one attached hydrogen (secondary N) is 1. The standard InChI is InChI=1S/C24H39N3O4/c1-2-3-4-5-6-7-8-9-10-11-12-15-18-25-24(29)22(20-28)26-19-21-16-13-14-17-23(21)27(30)31/h13-14,16-17,19,22,28H,2-12,15,18,20H2,1H3,(H,25,29)/t22-/m0/s1. The number of hydrogen-bond donors (Lipinski definition) is 2. The van der Waals surface area contributed by atoms with Crippen molar-refractivity contribution in [2.75, 3.05) is 13.2 Å². The summed E-state index contributed by atoms with van der Waals surface area (Å²) in [4.78, 5) is 26.8. The van der Waals surface area contributed by atoms with Gasteiger partial charge in [-0.15, -0.1) is 0 Å². The van der Waals surface area contributed by atoms with E-state index in [1.54, 1.807) is 18.2 Å². The summed E-state index contributed by atoms with van der Waals surface area (Å²) >= 11 is 0. The monoisotopic (exact) mass is 433 g/mol. The van der Waals surface area contributed by atoms with E-state index in [0.29, 0.717) is 12.1 Å². The zero-order valence-electron chi connectivity index (χ0n) is 18.9. The first-order chi connectivity index (χ1) is 15.1. The number of carbonyl (C=O) groups is 1. The van der Waals surface area contributed by atoms with Gasteiger partial charge in [-0.1, -0.05) is 89.7 Å². The van der Waals surface area contributed by atoms with Crippen LogP contribution in [-0.2, 0) is 4.79 Å². The molecule has 0 aliphatic rings. The van der Waals surface area contributed by atoms with Crippen LogP contribution in [0.2, 0.25) is 0 Å². The number of rotatable bonds is 18. The van der Waals surface area contributed by atoms with Crippen LogP contribution in [0.3, 0.4) is 0 Å². The molecule has 1 atom stereocenters. The third-order valence-electron chi connectivity index (χ3n) is 5.33. The predicted octanol–water partition coefficient (Wildman–Crippen LogP) is 5.19. The average molecular weight is 434 g/mol. The average Bonchev–Trinajstić information content (AvgIpc) is 2.77. The Balaban J connectivity index is 2.16. The van der Waals surface area contributed by atoms with Gasteiger partial charge in [0.1, 0.15) is 0 Å². The highest BCUT2D eigenvalue weighted by molar-refractivity contribution is 5.89. The summed E-state index contributed by atoms with van der Waals surface area (Å²) in [5.41, 5.74) is 0.222. The Kier molecular flexibility index (Phi) is 15.0. The zero-order chi connectivity index (χ0) is 22.7. The number of nitro groups is 1. The summed E-state index contributed by atoms with van der Waals surface area (Å²) < 4.78 is 0. The van der Waals surface area contributed by atoms with Gasteiger partial charge in [-0.3, -0.25) is 19.9 Å². The van der Waals surface area contributed by atoms with E-state index in [0.717, 1.165) is 12.8 Å². The maximum atomic E-state index is 12.2. The van der Waals surface area contributed by atoms with Gasteiger partial charge in [0.25, 0.3) is 5.69 Å². The van der Waals surface area contributed by atoms with Gasteiger partial charge in [-0.05, 0) is 12.5 Å². The number of unbranched alkanes of at least 4 members (excludes halogenated alkanes) is 11. The van der Waals surface area contributed by atoms with Crippen LogP contribution in [0.4, 0.5) is 5.69 Å². The number of aliphatic hydroxyl groups is 1. The van der Waals surface area contributed by atoms with Crippen LogP contribution in [0.25, 0.3) is 0 Å². The first-order valence-electron chi connectivity index (χ1n) is 11.7. The summed E-state index contributed by atoms with van der Waals surface area (Å²) in [5, 5.41) is 23.3. The second-order valence-corrected chi connectivity index (χ2v) is 7.97. The summed E-state index contributed by atoms with van der Waals surface area (Å²) in [5.74, 6) is -0.361. The Morgan fingerprint density at radius 3 is 2.13 bits per heavy atom. The molecule has 1 aromatic rings. The number of para-hydroxylation sites is 1. The molecule has 31 heavy (non-hydrogen) atoms. The minimum atomic E-state index is -0.961. The highest BCUT2D eigenvalue weighted by atomic mass is 16.6. The van der Waals surface area contributed by atoms with Crippen molar-refractivity contribution in [3.8, 4) is 0 Å². The Morgan fingerprint density at radius 2 is 1.58 bits per heavy atom. The van der Waals surface area contributed by atoms with E-state index >= 15 is 0 Å². The minimum Gasteiger partial charge on any atom is -0.394 e. The molecule has 0 radical (unpaired) electrons. The first kappa shape index (κ1) is 26.8. The summed E-state index contributed by atoms with van der Waals surface area (Å²) in [6.45, 7) is 2.35. The van der Waals surface area contributed by atoms with Gasteiger partial charge in [0, 0.05) is 18.8 Å². The fourth-order valence-electron chi connectivity index (χ4n) is 3.43.